The van der Waals surface area contributed by atoms with Gasteiger partial charge in [0.1, 0.15) is 0 Å². The zero-order valence-electron chi connectivity index (χ0n) is 10.2. The van der Waals surface area contributed by atoms with E-state index in [0.29, 0.717) is 0 Å². The van der Waals surface area contributed by atoms with Crippen LogP contribution in [0.1, 0.15) is 25.0 Å². The third-order valence-electron chi connectivity index (χ3n) is 2.90. The molecule has 0 fully saturated rings. The Balaban J connectivity index is 2.62. The quantitative estimate of drug-likeness (QED) is 0.808. The maximum atomic E-state index is 12.3. The van der Waals surface area contributed by atoms with Crippen molar-refractivity contribution in [2.45, 2.75) is 26.7 Å². The SMILES string of the molecule is CCc1cnn(-c2ccccc2)c(=O)c1CC. The monoisotopic (exact) mass is 228 g/mol. The normalized spacial score (nSPS) is 10.5. The minimum absolute atomic E-state index is 0.00181. The lowest BCUT2D eigenvalue weighted by molar-refractivity contribution is 0.769. The lowest BCUT2D eigenvalue weighted by Gasteiger charge is -2.09. The lowest BCUT2D eigenvalue weighted by Crippen LogP contribution is -2.25. The summed E-state index contributed by atoms with van der Waals surface area (Å²) >= 11 is 0. The molecule has 88 valence electrons. The predicted octanol–water partition coefficient (Wildman–Crippen LogP) is 2.36. The highest BCUT2D eigenvalue weighted by Crippen LogP contribution is 2.07. The maximum Gasteiger partial charge on any atom is 0.274 e. The van der Waals surface area contributed by atoms with Crippen molar-refractivity contribution in [1.29, 1.82) is 0 Å². The van der Waals surface area contributed by atoms with Gasteiger partial charge in [0.05, 0.1) is 11.9 Å². The van der Waals surface area contributed by atoms with Gasteiger partial charge in [-0.3, -0.25) is 4.79 Å². The van der Waals surface area contributed by atoms with Crippen LogP contribution in [-0.4, -0.2) is 9.78 Å². The van der Waals surface area contributed by atoms with E-state index in [1.807, 2.05) is 44.2 Å². The van der Waals surface area contributed by atoms with Crippen molar-refractivity contribution in [3.63, 3.8) is 0 Å². The third kappa shape index (κ3) is 2.13. The van der Waals surface area contributed by atoms with Gasteiger partial charge in [0.15, 0.2) is 0 Å². The topological polar surface area (TPSA) is 34.9 Å². The largest absolute Gasteiger partial charge is 0.274 e. The smallest absolute Gasteiger partial charge is 0.267 e. The standard InChI is InChI=1S/C14H16N2O/c1-3-11-10-15-16(14(17)13(11)4-2)12-8-6-5-7-9-12/h5-10H,3-4H2,1-2H3. The summed E-state index contributed by atoms with van der Waals surface area (Å²) in [6.07, 6.45) is 3.39. The highest BCUT2D eigenvalue weighted by Gasteiger charge is 2.09. The van der Waals surface area contributed by atoms with Crippen LogP contribution < -0.4 is 5.56 Å². The summed E-state index contributed by atoms with van der Waals surface area (Å²) in [6.45, 7) is 4.05. The van der Waals surface area contributed by atoms with Gasteiger partial charge in [0.2, 0.25) is 0 Å². The maximum absolute atomic E-state index is 12.3. The second-order valence-corrected chi connectivity index (χ2v) is 3.91. The molecule has 0 aliphatic carbocycles. The molecule has 0 saturated heterocycles. The molecule has 0 saturated carbocycles. The van der Waals surface area contributed by atoms with Gasteiger partial charge >= 0.3 is 0 Å². The van der Waals surface area contributed by atoms with Crippen molar-refractivity contribution in [2.75, 3.05) is 0 Å². The molecule has 3 nitrogen and oxygen atoms in total. The van der Waals surface area contributed by atoms with Crippen LogP contribution in [0, 0.1) is 0 Å². The van der Waals surface area contributed by atoms with E-state index in [9.17, 15) is 4.79 Å². The first kappa shape index (κ1) is 11.6. The van der Waals surface area contributed by atoms with Gasteiger partial charge in [0, 0.05) is 5.56 Å². The molecule has 0 aliphatic rings. The second-order valence-electron chi connectivity index (χ2n) is 3.91. The Morgan fingerprint density at radius 2 is 1.82 bits per heavy atom. The van der Waals surface area contributed by atoms with E-state index in [2.05, 4.69) is 5.10 Å². The van der Waals surface area contributed by atoms with E-state index < -0.39 is 0 Å². The van der Waals surface area contributed by atoms with Crippen LogP contribution in [0.25, 0.3) is 5.69 Å². The summed E-state index contributed by atoms with van der Waals surface area (Å²) in [5.74, 6) is 0. The van der Waals surface area contributed by atoms with Crippen LogP contribution in [0.15, 0.2) is 41.3 Å². The first-order valence-corrected chi connectivity index (χ1v) is 5.93. The number of hydrogen-bond donors (Lipinski definition) is 0. The van der Waals surface area contributed by atoms with Gasteiger partial charge in [-0.25, -0.2) is 0 Å². The molecule has 0 bridgehead atoms. The summed E-state index contributed by atoms with van der Waals surface area (Å²) in [4.78, 5) is 12.3. The Labute approximate surface area is 101 Å². The van der Waals surface area contributed by atoms with Crippen molar-refractivity contribution in [3.8, 4) is 5.69 Å². The fraction of sp³-hybridized carbons (Fsp3) is 0.286. The summed E-state index contributed by atoms with van der Waals surface area (Å²) in [5, 5.41) is 4.23. The molecule has 1 heterocycles. The molecule has 0 aliphatic heterocycles. The summed E-state index contributed by atoms with van der Waals surface area (Å²) in [7, 11) is 0. The zero-order valence-corrected chi connectivity index (χ0v) is 10.2. The number of benzene rings is 1. The average molecular weight is 228 g/mol. The number of aryl methyl sites for hydroxylation is 1. The fourth-order valence-corrected chi connectivity index (χ4v) is 1.96. The number of rotatable bonds is 3. The van der Waals surface area contributed by atoms with Crippen LogP contribution >= 0.6 is 0 Å². The van der Waals surface area contributed by atoms with Crippen molar-refractivity contribution in [1.82, 2.24) is 9.78 Å². The first-order valence-electron chi connectivity index (χ1n) is 5.93. The molecule has 1 aromatic heterocycles. The van der Waals surface area contributed by atoms with E-state index in [-0.39, 0.29) is 5.56 Å². The Morgan fingerprint density at radius 1 is 1.12 bits per heavy atom. The van der Waals surface area contributed by atoms with Crippen molar-refractivity contribution < 1.29 is 0 Å². The first-order chi connectivity index (χ1) is 8.27. The van der Waals surface area contributed by atoms with Gasteiger partial charge in [-0.1, -0.05) is 32.0 Å². The molecule has 0 spiro atoms. The summed E-state index contributed by atoms with van der Waals surface area (Å²) in [5.41, 5.74) is 2.73. The molecule has 0 unspecified atom stereocenters. The molecular weight excluding hydrogens is 212 g/mol. The fourth-order valence-electron chi connectivity index (χ4n) is 1.96. The molecule has 2 aromatic rings. The van der Waals surface area contributed by atoms with Crippen LogP contribution in [0.4, 0.5) is 0 Å². The molecule has 3 heteroatoms. The van der Waals surface area contributed by atoms with Gasteiger partial charge in [0.25, 0.3) is 5.56 Å². The van der Waals surface area contributed by atoms with E-state index in [1.165, 1.54) is 4.68 Å². The van der Waals surface area contributed by atoms with E-state index in [0.717, 1.165) is 29.7 Å². The van der Waals surface area contributed by atoms with Crippen LogP contribution in [0.3, 0.4) is 0 Å². The zero-order chi connectivity index (χ0) is 12.3. The Kier molecular flexibility index (Phi) is 3.38. The third-order valence-corrected chi connectivity index (χ3v) is 2.90. The van der Waals surface area contributed by atoms with Crippen LogP contribution in [0.5, 0.6) is 0 Å². The van der Waals surface area contributed by atoms with E-state index in [4.69, 9.17) is 0 Å². The minimum Gasteiger partial charge on any atom is -0.267 e. The van der Waals surface area contributed by atoms with Gasteiger partial charge < -0.3 is 0 Å². The Bertz CT molecular complexity index is 558. The van der Waals surface area contributed by atoms with E-state index >= 15 is 0 Å². The molecule has 2 rings (SSSR count). The highest BCUT2D eigenvalue weighted by atomic mass is 16.1. The highest BCUT2D eigenvalue weighted by molar-refractivity contribution is 5.32. The van der Waals surface area contributed by atoms with Gasteiger partial charge in [-0.2, -0.15) is 9.78 Å². The predicted molar refractivity (Wildman–Crippen MR) is 68.6 cm³/mol. The summed E-state index contributed by atoms with van der Waals surface area (Å²) in [6, 6.07) is 9.51. The Morgan fingerprint density at radius 3 is 2.41 bits per heavy atom. The van der Waals surface area contributed by atoms with Crippen LogP contribution in [-0.2, 0) is 12.8 Å². The van der Waals surface area contributed by atoms with Crippen LogP contribution in [0.2, 0.25) is 0 Å². The minimum atomic E-state index is -0.00181. The average Bonchev–Trinajstić information content (AvgIpc) is 2.39. The molecule has 0 N–H and O–H groups in total. The van der Waals surface area contributed by atoms with Gasteiger partial charge in [-0.05, 0) is 30.5 Å². The van der Waals surface area contributed by atoms with Crippen molar-refractivity contribution >= 4 is 0 Å². The molecule has 1 aromatic carbocycles. The van der Waals surface area contributed by atoms with Gasteiger partial charge in [-0.15, -0.1) is 0 Å². The summed E-state index contributed by atoms with van der Waals surface area (Å²) < 4.78 is 1.47. The Hall–Kier alpha value is -1.90. The second kappa shape index (κ2) is 4.95. The lowest BCUT2D eigenvalue weighted by atomic mass is 10.1. The number of hydrogen-bond acceptors (Lipinski definition) is 2. The van der Waals surface area contributed by atoms with Crippen molar-refractivity contribution in [2.24, 2.45) is 0 Å². The number of aromatic nitrogens is 2. The molecule has 17 heavy (non-hydrogen) atoms. The van der Waals surface area contributed by atoms with E-state index in [1.54, 1.807) is 6.20 Å². The number of nitrogens with zero attached hydrogens (tertiary/aromatic N) is 2. The molecule has 0 atom stereocenters. The number of para-hydroxylation sites is 1. The molecule has 0 radical (unpaired) electrons. The molecule has 0 amide bonds. The van der Waals surface area contributed by atoms with Crippen molar-refractivity contribution in [3.05, 3.63) is 58.0 Å². The molecular formula is C14H16N2O.